The van der Waals surface area contributed by atoms with Crippen molar-refractivity contribution in [3.8, 4) is 0 Å². The molecule has 1 aromatic heterocycles. The van der Waals surface area contributed by atoms with Crippen LogP contribution < -0.4 is 5.32 Å². The van der Waals surface area contributed by atoms with Gasteiger partial charge in [0.1, 0.15) is 5.82 Å². The van der Waals surface area contributed by atoms with E-state index in [1.165, 1.54) is 12.3 Å². The molecule has 102 valence electrons. The van der Waals surface area contributed by atoms with Crippen molar-refractivity contribution in [1.82, 2.24) is 10.3 Å². The van der Waals surface area contributed by atoms with Crippen molar-refractivity contribution < 1.29 is 9.13 Å². The number of nitrogens with zero attached hydrogens (tertiary/aromatic N) is 1. The van der Waals surface area contributed by atoms with Gasteiger partial charge in [0, 0.05) is 12.8 Å². The lowest BCUT2D eigenvalue weighted by Gasteiger charge is -2.30. The molecule has 2 atom stereocenters. The molecule has 0 radical (unpaired) electrons. The van der Waals surface area contributed by atoms with Crippen LogP contribution in [0.4, 0.5) is 4.39 Å². The molecule has 0 fully saturated rings. The summed E-state index contributed by atoms with van der Waals surface area (Å²) in [6.07, 6.45) is 2.93. The van der Waals surface area contributed by atoms with Crippen molar-refractivity contribution in [2.24, 2.45) is 5.92 Å². The fourth-order valence-corrected chi connectivity index (χ4v) is 2.11. The zero-order chi connectivity index (χ0) is 13.5. The zero-order valence-corrected chi connectivity index (χ0v) is 11.6. The maximum Gasteiger partial charge on any atom is 0.141 e. The zero-order valence-electron chi connectivity index (χ0n) is 11.6. The van der Waals surface area contributed by atoms with Crippen molar-refractivity contribution in [3.63, 3.8) is 0 Å². The first-order chi connectivity index (χ1) is 8.60. The summed E-state index contributed by atoms with van der Waals surface area (Å²) in [6, 6.07) is 1.49. The van der Waals surface area contributed by atoms with Gasteiger partial charge in [-0.25, -0.2) is 4.39 Å². The number of likely N-dealkylation sites (N-methyl/N-ethyl adjacent to an activating group) is 1. The van der Waals surface area contributed by atoms with Crippen LogP contribution in [0.3, 0.4) is 0 Å². The lowest BCUT2D eigenvalue weighted by molar-refractivity contribution is 0.00304. The highest BCUT2D eigenvalue weighted by atomic mass is 19.1. The summed E-state index contributed by atoms with van der Waals surface area (Å²) >= 11 is 0. The molecule has 1 rings (SSSR count). The minimum Gasteiger partial charge on any atom is -0.376 e. The van der Waals surface area contributed by atoms with Crippen molar-refractivity contribution in [2.45, 2.75) is 39.8 Å². The quantitative estimate of drug-likeness (QED) is 0.812. The molecule has 1 N–H and O–H groups in total. The Morgan fingerprint density at radius 3 is 2.56 bits per heavy atom. The van der Waals surface area contributed by atoms with E-state index in [-0.39, 0.29) is 18.0 Å². The van der Waals surface area contributed by atoms with E-state index in [0.29, 0.717) is 12.5 Å². The summed E-state index contributed by atoms with van der Waals surface area (Å²) in [6.45, 7) is 9.67. The van der Waals surface area contributed by atoms with E-state index in [2.05, 4.69) is 24.1 Å². The van der Waals surface area contributed by atoms with Gasteiger partial charge in [0.2, 0.25) is 0 Å². The number of pyridine rings is 1. The normalized spacial score (nSPS) is 14.8. The van der Waals surface area contributed by atoms with Crippen LogP contribution in [0, 0.1) is 11.7 Å². The van der Waals surface area contributed by atoms with Gasteiger partial charge in [-0.05, 0) is 31.0 Å². The molecule has 0 saturated heterocycles. The maximum absolute atomic E-state index is 13.3. The predicted molar refractivity (Wildman–Crippen MR) is 70.9 cm³/mol. The van der Waals surface area contributed by atoms with Crippen LogP contribution >= 0.6 is 0 Å². The summed E-state index contributed by atoms with van der Waals surface area (Å²) < 4.78 is 19.1. The molecule has 0 aliphatic rings. The molecule has 0 spiro atoms. The molecule has 0 aliphatic carbocycles. The van der Waals surface area contributed by atoms with Crippen molar-refractivity contribution in [3.05, 3.63) is 29.8 Å². The summed E-state index contributed by atoms with van der Waals surface area (Å²) in [7, 11) is 0. The average Bonchev–Trinajstić information content (AvgIpc) is 2.33. The van der Waals surface area contributed by atoms with Crippen LogP contribution in [0.2, 0.25) is 0 Å². The molecule has 2 unspecified atom stereocenters. The molecule has 0 amide bonds. The van der Waals surface area contributed by atoms with Gasteiger partial charge in [0.15, 0.2) is 0 Å². The summed E-state index contributed by atoms with van der Waals surface area (Å²) in [4.78, 5) is 3.92. The van der Waals surface area contributed by atoms with E-state index in [9.17, 15) is 4.39 Å². The third kappa shape index (κ3) is 4.03. The van der Waals surface area contributed by atoms with Crippen molar-refractivity contribution in [2.75, 3.05) is 13.2 Å². The van der Waals surface area contributed by atoms with Crippen molar-refractivity contribution in [1.29, 1.82) is 0 Å². The Labute approximate surface area is 109 Å². The first-order valence-electron chi connectivity index (χ1n) is 6.55. The molecular weight excluding hydrogens is 231 g/mol. The summed E-state index contributed by atoms with van der Waals surface area (Å²) in [5.74, 6) is 0.0340. The second-order valence-corrected chi connectivity index (χ2v) is 4.64. The molecule has 0 saturated carbocycles. The van der Waals surface area contributed by atoms with Crippen LogP contribution in [0.15, 0.2) is 18.5 Å². The Kier molecular flexibility index (Phi) is 6.22. The molecule has 3 nitrogen and oxygen atoms in total. The molecule has 18 heavy (non-hydrogen) atoms. The number of nitrogens with one attached hydrogen (secondary N) is 1. The molecule has 1 heterocycles. The van der Waals surface area contributed by atoms with Gasteiger partial charge < -0.3 is 10.1 Å². The van der Waals surface area contributed by atoms with Gasteiger partial charge in [-0.15, -0.1) is 0 Å². The minimum atomic E-state index is -0.311. The van der Waals surface area contributed by atoms with E-state index in [1.54, 1.807) is 6.20 Å². The largest absolute Gasteiger partial charge is 0.376 e. The van der Waals surface area contributed by atoms with E-state index >= 15 is 0 Å². The van der Waals surface area contributed by atoms with Gasteiger partial charge in [-0.2, -0.15) is 0 Å². The van der Waals surface area contributed by atoms with Gasteiger partial charge >= 0.3 is 0 Å². The van der Waals surface area contributed by atoms with Gasteiger partial charge in [-0.3, -0.25) is 4.98 Å². The molecule has 0 bridgehead atoms. The Balaban J connectivity index is 2.99. The topological polar surface area (TPSA) is 34.2 Å². The Morgan fingerprint density at radius 1 is 1.33 bits per heavy atom. The second-order valence-electron chi connectivity index (χ2n) is 4.64. The third-order valence-electron chi connectivity index (χ3n) is 2.85. The van der Waals surface area contributed by atoms with Crippen LogP contribution in [-0.4, -0.2) is 24.2 Å². The predicted octanol–water partition coefficient (Wildman–Crippen LogP) is 2.93. The fraction of sp³-hybridized carbons (Fsp3) is 0.643. The van der Waals surface area contributed by atoms with Gasteiger partial charge in [-0.1, -0.05) is 20.8 Å². The SMILES string of the molecule is CCNC(c1cncc(F)c1)C(OCC)C(C)C. The lowest BCUT2D eigenvalue weighted by Crippen LogP contribution is -2.37. The first-order valence-corrected chi connectivity index (χ1v) is 6.55. The average molecular weight is 254 g/mol. The molecule has 4 heteroatoms. The number of hydrogen-bond donors (Lipinski definition) is 1. The van der Waals surface area contributed by atoms with Crippen LogP contribution in [-0.2, 0) is 4.74 Å². The number of hydrogen-bond acceptors (Lipinski definition) is 3. The number of rotatable bonds is 7. The molecule has 0 aliphatic heterocycles. The van der Waals surface area contributed by atoms with E-state index < -0.39 is 0 Å². The van der Waals surface area contributed by atoms with E-state index in [4.69, 9.17) is 4.74 Å². The smallest absolute Gasteiger partial charge is 0.141 e. The molecule has 1 aromatic rings. The standard InChI is InChI=1S/C14H23FN2O/c1-5-17-13(14(10(3)4)18-6-2)11-7-12(15)9-16-8-11/h7-10,13-14,17H,5-6H2,1-4H3. The minimum absolute atomic E-state index is 0.0125. The second kappa shape index (κ2) is 7.44. The monoisotopic (exact) mass is 254 g/mol. The maximum atomic E-state index is 13.3. The van der Waals surface area contributed by atoms with Gasteiger partial charge in [0.05, 0.1) is 18.3 Å². The number of halogens is 1. The number of aromatic nitrogens is 1. The molecular formula is C14H23FN2O. The molecule has 0 aromatic carbocycles. The third-order valence-corrected chi connectivity index (χ3v) is 2.85. The fourth-order valence-electron chi connectivity index (χ4n) is 2.11. The highest BCUT2D eigenvalue weighted by Gasteiger charge is 2.26. The Morgan fingerprint density at radius 2 is 2.06 bits per heavy atom. The Hall–Kier alpha value is -1.00. The van der Waals surface area contributed by atoms with Gasteiger partial charge in [0.25, 0.3) is 0 Å². The van der Waals surface area contributed by atoms with Crippen LogP contribution in [0.25, 0.3) is 0 Å². The Bertz CT molecular complexity index is 357. The first kappa shape index (κ1) is 15.1. The van der Waals surface area contributed by atoms with Crippen LogP contribution in [0.1, 0.15) is 39.3 Å². The summed E-state index contributed by atoms with van der Waals surface area (Å²) in [5, 5.41) is 3.36. The highest BCUT2D eigenvalue weighted by Crippen LogP contribution is 2.24. The van der Waals surface area contributed by atoms with E-state index in [0.717, 1.165) is 12.1 Å². The lowest BCUT2D eigenvalue weighted by atomic mass is 9.94. The van der Waals surface area contributed by atoms with Crippen LogP contribution in [0.5, 0.6) is 0 Å². The van der Waals surface area contributed by atoms with Crippen molar-refractivity contribution >= 4 is 0 Å². The summed E-state index contributed by atoms with van der Waals surface area (Å²) in [5.41, 5.74) is 0.837. The number of ether oxygens (including phenoxy) is 1. The van der Waals surface area contributed by atoms with E-state index in [1.807, 2.05) is 13.8 Å². The highest BCUT2D eigenvalue weighted by molar-refractivity contribution is 5.17.